The first-order chi connectivity index (χ1) is 59.6. The number of aliphatic hydroxyl groups excluding tert-OH is 21. The lowest BCUT2D eigenvalue weighted by atomic mass is 9.32. The van der Waals surface area contributed by atoms with Crippen LogP contribution in [0.1, 0.15) is 121 Å². The van der Waals surface area contributed by atoms with E-state index in [4.69, 9.17) is 90.0 Å². The van der Waals surface area contributed by atoms with Gasteiger partial charge in [-0.15, -0.1) is 0 Å². The normalized spacial score (nSPS) is 54.8. The van der Waals surface area contributed by atoms with Crippen molar-refractivity contribution in [2.24, 2.45) is 56.2 Å². The molecule has 0 aromatic heterocycles. The number of carboxylic acids is 1. The molecule has 45 nitrogen and oxygen atoms in total. The summed E-state index contributed by atoms with van der Waals surface area (Å²) in [6.07, 6.45) is -72.0. The lowest BCUT2D eigenvalue weighted by Gasteiger charge is -2.72. The van der Waals surface area contributed by atoms with Crippen LogP contribution in [0.5, 0.6) is 0 Å². The molecule has 0 bridgehead atoms. The first-order valence-electron chi connectivity index (χ1n) is 43.6. The van der Waals surface area contributed by atoms with Crippen molar-refractivity contribution >= 4 is 24.2 Å². The number of aldehydes is 1. The number of fused-ring (bicyclic) bond motifs is 7. The summed E-state index contributed by atoms with van der Waals surface area (Å²) in [5.41, 5.74) is -6.34. The minimum atomic E-state index is -2.26. The molecule has 52 atom stereocenters. The third kappa shape index (κ3) is 17.9. The molecule has 9 saturated heterocycles. The molecule has 0 radical (unpaired) electrons. The second-order valence-corrected chi connectivity index (χ2v) is 38.9. The molecule has 22 N–H and O–H groups in total. The first-order valence-corrected chi connectivity index (χ1v) is 43.6. The average Bonchev–Trinajstić information content (AvgIpc) is 0.668. The van der Waals surface area contributed by atoms with Crippen molar-refractivity contribution in [2.75, 3.05) is 33.0 Å². The number of hydrogen-bond donors (Lipinski definition) is 22. The minimum absolute atomic E-state index is 0.0212. The van der Waals surface area contributed by atoms with Gasteiger partial charge in [-0.25, -0.2) is 4.79 Å². The van der Waals surface area contributed by atoms with Crippen LogP contribution in [0.3, 0.4) is 0 Å². The molecule has 9 aliphatic heterocycles. The average molecular weight is 1830 g/mol. The van der Waals surface area contributed by atoms with Crippen molar-refractivity contribution in [1.82, 2.24) is 0 Å². The Bertz CT molecular complexity index is 3800. The molecule has 9 heterocycles. The van der Waals surface area contributed by atoms with Gasteiger partial charge in [0, 0.05) is 6.92 Å². The fourth-order valence-electron chi connectivity index (χ4n) is 23.0. The molecule has 13 fully saturated rings. The van der Waals surface area contributed by atoms with Crippen LogP contribution in [0.25, 0.3) is 0 Å². The van der Waals surface area contributed by atoms with Crippen molar-refractivity contribution in [3.8, 4) is 0 Å². The van der Waals surface area contributed by atoms with Gasteiger partial charge >= 0.3 is 17.9 Å². The van der Waals surface area contributed by atoms with Crippen molar-refractivity contribution in [1.29, 1.82) is 0 Å². The summed E-state index contributed by atoms with van der Waals surface area (Å²) in [5.74, 6) is -5.95. The van der Waals surface area contributed by atoms with Gasteiger partial charge in [-0.05, 0) is 117 Å². The number of esters is 2. The largest absolute Gasteiger partial charge is 0.479 e. The van der Waals surface area contributed by atoms with Crippen LogP contribution in [0.2, 0.25) is 0 Å². The van der Waals surface area contributed by atoms with E-state index in [-0.39, 0.29) is 25.7 Å². The molecule has 14 aliphatic rings. The Hall–Kier alpha value is -3.70. The third-order valence-electron chi connectivity index (χ3n) is 30.6. The highest BCUT2D eigenvalue weighted by atomic mass is 16.8. The second-order valence-electron chi connectivity index (χ2n) is 38.9. The molecule has 0 unspecified atom stereocenters. The van der Waals surface area contributed by atoms with Crippen LogP contribution in [-0.4, -0.2) is 434 Å². The quantitative estimate of drug-likeness (QED) is 0.0207. The predicted octanol–water partition coefficient (Wildman–Crippen LogP) is -8.61. The lowest BCUT2D eigenvalue weighted by Crippen LogP contribution is -2.70. The van der Waals surface area contributed by atoms with Gasteiger partial charge in [-0.1, -0.05) is 53.7 Å². The Morgan fingerprint density at radius 1 is 0.409 bits per heavy atom. The zero-order valence-electron chi connectivity index (χ0n) is 71.8. The highest BCUT2D eigenvalue weighted by Crippen LogP contribution is 2.76. The SMILES string of the molecule is CC(=O)O[C@H]1[C@H](O[C@@H]2OC[C@@H](O)[C@H](O)[C@H]2O)[C@@H](O)[C@H](O[C@@H]2[C@H](O)[C@@H](O[C@@H]3O[C@@H](C)[C@H](O[C@@H]4OC[C@@H](O)[C@H](O[C@@H]5OC[C@@H](O)[C@H](O)[C@H]5O)[C@H]4O)[C@@H](O)[C@H]3O)[C@H](OC(=O)[C@@]34CCC(C)(C)C[C@H]3[C@H]3C=C[C@@H]5[C@]6(C)CC[C@H](O[C@@H]7O[C@H](C(=O)O)[C@@H](O)[C@H](O[C@@H]8OC[C@@H](O)[C@H](O)[C@H]8O)[C@H]7O[C@@H]7O[C@H](CO)[C@H](O)[C@H](O)[C@H]7O)[C@](C)(C=O)[C@@H]6CC[C@]5(C)[C@@]3(C)C[C@H]4O)O[C@@H]2C)O[C@@H]1C. The molecule has 0 spiro atoms. The maximum absolute atomic E-state index is 16.4. The monoisotopic (exact) mass is 1830 g/mol. The van der Waals surface area contributed by atoms with E-state index in [1.807, 2.05) is 13.8 Å². The number of aliphatic hydroxyl groups is 21. The molecular weight excluding hydrogens is 1700 g/mol. The van der Waals surface area contributed by atoms with Crippen LogP contribution >= 0.6 is 0 Å². The third-order valence-corrected chi connectivity index (χ3v) is 30.6. The fourth-order valence-corrected chi connectivity index (χ4v) is 23.0. The van der Waals surface area contributed by atoms with Gasteiger partial charge in [0.05, 0.1) is 74.4 Å². The van der Waals surface area contributed by atoms with Gasteiger partial charge in [0.2, 0.25) is 6.29 Å². The van der Waals surface area contributed by atoms with Crippen LogP contribution < -0.4 is 0 Å². The summed E-state index contributed by atoms with van der Waals surface area (Å²) in [6, 6.07) is 0. The number of carbonyl (C=O) groups excluding carboxylic acids is 3. The lowest BCUT2D eigenvalue weighted by molar-refractivity contribution is -0.392. The van der Waals surface area contributed by atoms with Gasteiger partial charge in [0.1, 0.15) is 165 Å². The Labute approximate surface area is 729 Å². The number of aliphatic carboxylic acids is 1. The van der Waals surface area contributed by atoms with E-state index >= 15 is 4.79 Å². The molecule has 0 amide bonds. The maximum Gasteiger partial charge on any atom is 0.335 e. The molecule has 5 aliphatic carbocycles. The van der Waals surface area contributed by atoms with E-state index in [0.29, 0.717) is 25.7 Å². The van der Waals surface area contributed by atoms with Crippen molar-refractivity contribution < 1.29 is 222 Å². The molecule has 0 aromatic rings. The van der Waals surface area contributed by atoms with Crippen LogP contribution in [-0.2, 0) is 109 Å². The number of ether oxygens (including phenoxy) is 19. The number of rotatable bonds is 22. The fraction of sp³-hybridized carbons (Fsp3) is 0.927. The number of allylic oxidation sites excluding steroid dienone is 2. The highest BCUT2D eigenvalue weighted by Gasteiger charge is 2.74. The Morgan fingerprint density at radius 3 is 1.43 bits per heavy atom. The summed E-state index contributed by atoms with van der Waals surface area (Å²) >= 11 is 0. The molecule has 4 saturated carbocycles. The summed E-state index contributed by atoms with van der Waals surface area (Å²) < 4.78 is 115. The maximum atomic E-state index is 16.4. The van der Waals surface area contributed by atoms with E-state index < -0.39 is 371 Å². The predicted molar refractivity (Wildman–Crippen MR) is 410 cm³/mol. The van der Waals surface area contributed by atoms with Gasteiger partial charge in [0.15, 0.2) is 68.6 Å². The van der Waals surface area contributed by atoms with E-state index in [2.05, 4.69) is 32.9 Å². The smallest absolute Gasteiger partial charge is 0.335 e. The number of hydrogen-bond acceptors (Lipinski definition) is 44. The van der Waals surface area contributed by atoms with E-state index in [9.17, 15) is 127 Å². The van der Waals surface area contributed by atoms with Crippen LogP contribution in [0.15, 0.2) is 12.2 Å². The first kappa shape index (κ1) is 99.3. The zero-order valence-corrected chi connectivity index (χ0v) is 71.8. The second kappa shape index (κ2) is 38.1. The summed E-state index contributed by atoms with van der Waals surface area (Å²) in [7, 11) is 0. The van der Waals surface area contributed by atoms with Gasteiger partial charge < -0.3 is 207 Å². The molecule has 14 rings (SSSR count). The molecule has 127 heavy (non-hydrogen) atoms. The van der Waals surface area contributed by atoms with Crippen molar-refractivity contribution in [3.63, 3.8) is 0 Å². The standard InChI is InChI=1S/C82H128O45/c1-27-57(119-70-55(104)60(36(89)25-112-70)121-67-48(97)42(91)33(86)22-109-67)47(96)52(101)71(113-27)125-64-53(102)58(120-73-56(105)62(59(29(3)114-73)116-30(4)85)123-69-50(99)44(93)35(88)24-111-69)28(2)115-74(64)127-76(108)82-18-17-77(5,6)19-32(82)31-11-12-39-78(7)15-14-41(79(8,26-84)38(78)13-16-80(39,9)81(31,10)20-40(82)90)118-75-65(126-72-51(100)46(95)45(94)37(21-83)117-72)61(54(103)63(124-75)66(106)107)122-68-49(98)43(92)34(87)23-110-68/h11-12,26-29,31-65,67-75,83,86-105H,13-25H2,1-10H3,(H,106,107)/t27-,28+,29+,31+,32-,33+,34+,35+,36+,37+,38+,39+,40+,41-,42-,43-,44-,45-,46-,47-,48+,49+,50+,51+,52+,53-,54-,55+,56+,57-,58-,59+,60-,61-,62+,63-,64+,65+,67-,68-,69-,70-,71-,72-,73-,74-,75+,78+,79+,80-,81-,82-/m0/s1. The Morgan fingerprint density at radius 2 is 0.874 bits per heavy atom. The Kier molecular flexibility index (Phi) is 29.8. The Balaban J connectivity index is 0.742. The summed E-state index contributed by atoms with van der Waals surface area (Å²) in [6.45, 7) is 14.0. The topological polar surface area (TPSA) is 689 Å². The van der Waals surface area contributed by atoms with Crippen molar-refractivity contribution in [3.05, 3.63) is 12.2 Å². The summed E-state index contributed by atoms with van der Waals surface area (Å²) in [4.78, 5) is 56.5. The van der Waals surface area contributed by atoms with Gasteiger partial charge in [0.25, 0.3) is 0 Å². The van der Waals surface area contributed by atoms with E-state index in [1.54, 1.807) is 6.92 Å². The zero-order chi connectivity index (χ0) is 92.6. The summed E-state index contributed by atoms with van der Waals surface area (Å²) in [5, 5.41) is 246. The highest BCUT2D eigenvalue weighted by molar-refractivity contribution is 5.79. The molecule has 726 valence electrons. The van der Waals surface area contributed by atoms with Crippen LogP contribution in [0.4, 0.5) is 0 Å². The van der Waals surface area contributed by atoms with E-state index in [0.717, 1.165) is 13.2 Å². The van der Waals surface area contributed by atoms with Crippen LogP contribution in [0, 0.1) is 56.2 Å². The number of carboxylic acid groups (broad SMARTS) is 1. The van der Waals surface area contributed by atoms with Gasteiger partial charge in [-0.3, -0.25) is 9.59 Å². The number of carbonyl (C=O) groups is 4. The van der Waals surface area contributed by atoms with Crippen molar-refractivity contribution in [2.45, 2.75) is 385 Å². The van der Waals surface area contributed by atoms with Gasteiger partial charge in [-0.2, -0.15) is 0 Å². The minimum Gasteiger partial charge on any atom is -0.479 e. The molecule has 0 aromatic carbocycles. The van der Waals surface area contributed by atoms with E-state index in [1.165, 1.54) is 20.8 Å². The molecular formula is C82H128O45. The molecule has 45 heteroatoms.